The largest absolute Gasteiger partial charge is 0.464 e. The van der Waals surface area contributed by atoms with Crippen molar-refractivity contribution in [2.24, 2.45) is 0 Å². The SMILES string of the molecule is O=C(CN1CCOC2CCCC21)c1coc2ccccc12. The van der Waals surface area contributed by atoms with Gasteiger partial charge in [-0.05, 0) is 25.3 Å². The van der Waals surface area contributed by atoms with E-state index in [0.29, 0.717) is 24.3 Å². The molecule has 0 amide bonds. The van der Waals surface area contributed by atoms with Crippen LogP contribution >= 0.6 is 0 Å². The molecule has 4 heteroatoms. The average Bonchev–Trinajstić information content (AvgIpc) is 3.14. The molecule has 1 aliphatic carbocycles. The number of hydrogen-bond donors (Lipinski definition) is 0. The molecule has 1 aliphatic heterocycles. The summed E-state index contributed by atoms with van der Waals surface area (Å²) in [5.74, 6) is 0.146. The molecule has 2 aromatic rings. The summed E-state index contributed by atoms with van der Waals surface area (Å²) in [5, 5.41) is 0.915. The molecular formula is C17H19NO3. The summed E-state index contributed by atoms with van der Waals surface area (Å²) in [4.78, 5) is 14.9. The number of ketones is 1. The normalized spacial score (nSPS) is 26.1. The number of morpholine rings is 1. The predicted octanol–water partition coefficient (Wildman–Crippen LogP) is 2.87. The molecule has 1 aromatic carbocycles. The van der Waals surface area contributed by atoms with Crippen LogP contribution in [0.3, 0.4) is 0 Å². The van der Waals surface area contributed by atoms with Crippen LogP contribution in [0, 0.1) is 0 Å². The quantitative estimate of drug-likeness (QED) is 0.813. The molecule has 4 nitrogen and oxygen atoms in total. The van der Waals surface area contributed by atoms with E-state index >= 15 is 0 Å². The van der Waals surface area contributed by atoms with Crippen LogP contribution < -0.4 is 0 Å². The molecule has 110 valence electrons. The summed E-state index contributed by atoms with van der Waals surface area (Å²) in [6, 6.07) is 8.12. The maximum absolute atomic E-state index is 12.6. The monoisotopic (exact) mass is 285 g/mol. The highest BCUT2D eigenvalue weighted by Crippen LogP contribution is 2.30. The molecule has 4 rings (SSSR count). The minimum absolute atomic E-state index is 0.146. The topological polar surface area (TPSA) is 42.7 Å². The number of nitrogens with zero attached hydrogens (tertiary/aromatic N) is 1. The van der Waals surface area contributed by atoms with Gasteiger partial charge in [-0.2, -0.15) is 0 Å². The molecule has 0 bridgehead atoms. The Morgan fingerprint density at radius 1 is 1.29 bits per heavy atom. The van der Waals surface area contributed by atoms with Gasteiger partial charge in [0.05, 0.1) is 24.8 Å². The first kappa shape index (κ1) is 13.0. The van der Waals surface area contributed by atoms with E-state index in [4.69, 9.17) is 9.15 Å². The van der Waals surface area contributed by atoms with Gasteiger partial charge < -0.3 is 9.15 Å². The number of carbonyl (C=O) groups is 1. The lowest BCUT2D eigenvalue weighted by atomic mass is 10.1. The van der Waals surface area contributed by atoms with Gasteiger partial charge in [-0.1, -0.05) is 18.2 Å². The Bertz CT molecular complexity index is 663. The number of para-hydroxylation sites is 1. The van der Waals surface area contributed by atoms with Gasteiger partial charge in [-0.25, -0.2) is 0 Å². The minimum Gasteiger partial charge on any atom is -0.464 e. The van der Waals surface area contributed by atoms with Gasteiger partial charge in [0, 0.05) is 18.0 Å². The van der Waals surface area contributed by atoms with E-state index < -0.39 is 0 Å². The number of benzene rings is 1. The summed E-state index contributed by atoms with van der Waals surface area (Å²) in [6.45, 7) is 2.05. The highest BCUT2D eigenvalue weighted by molar-refractivity contribution is 6.08. The number of fused-ring (bicyclic) bond motifs is 2. The molecule has 1 saturated heterocycles. The van der Waals surface area contributed by atoms with Crippen LogP contribution in [0.5, 0.6) is 0 Å². The third kappa shape index (κ3) is 2.28. The van der Waals surface area contributed by atoms with E-state index in [1.807, 2.05) is 24.3 Å². The lowest BCUT2D eigenvalue weighted by molar-refractivity contribution is -0.0522. The Kier molecular flexibility index (Phi) is 3.28. The molecule has 1 saturated carbocycles. The van der Waals surface area contributed by atoms with E-state index in [1.54, 1.807) is 6.26 Å². The van der Waals surface area contributed by atoms with Crippen molar-refractivity contribution in [3.8, 4) is 0 Å². The summed E-state index contributed by atoms with van der Waals surface area (Å²) in [7, 11) is 0. The zero-order valence-electron chi connectivity index (χ0n) is 12.0. The van der Waals surface area contributed by atoms with Crippen LogP contribution in [0.1, 0.15) is 29.6 Å². The third-order valence-electron chi connectivity index (χ3n) is 4.73. The molecule has 2 atom stereocenters. The van der Waals surface area contributed by atoms with Crippen LogP contribution in [0.15, 0.2) is 34.9 Å². The lowest BCUT2D eigenvalue weighted by Crippen LogP contribution is -2.50. The van der Waals surface area contributed by atoms with Crippen LogP contribution in [0.25, 0.3) is 11.0 Å². The molecule has 2 heterocycles. The lowest BCUT2D eigenvalue weighted by Gasteiger charge is -2.37. The summed E-state index contributed by atoms with van der Waals surface area (Å²) in [5.41, 5.74) is 1.48. The number of furan rings is 1. The smallest absolute Gasteiger partial charge is 0.180 e. The second kappa shape index (κ2) is 5.28. The Morgan fingerprint density at radius 3 is 3.14 bits per heavy atom. The van der Waals surface area contributed by atoms with E-state index in [1.165, 1.54) is 6.42 Å². The van der Waals surface area contributed by atoms with Gasteiger partial charge in [0.1, 0.15) is 11.8 Å². The van der Waals surface area contributed by atoms with E-state index in [9.17, 15) is 4.79 Å². The maximum Gasteiger partial charge on any atom is 0.180 e. The molecule has 1 aromatic heterocycles. The van der Waals surface area contributed by atoms with Gasteiger partial charge in [0.2, 0.25) is 0 Å². The highest BCUT2D eigenvalue weighted by atomic mass is 16.5. The first-order chi connectivity index (χ1) is 10.3. The standard InChI is InChI=1S/C17H19NO3/c19-15(13-11-21-16-6-2-1-4-12(13)16)10-18-8-9-20-17-7-3-5-14(17)18/h1-2,4,6,11,14,17H,3,5,7-10H2. The fourth-order valence-corrected chi connectivity index (χ4v) is 3.67. The predicted molar refractivity (Wildman–Crippen MR) is 79.5 cm³/mol. The zero-order valence-corrected chi connectivity index (χ0v) is 12.0. The number of hydrogen-bond acceptors (Lipinski definition) is 4. The van der Waals surface area contributed by atoms with E-state index in [-0.39, 0.29) is 5.78 Å². The number of ether oxygens (including phenoxy) is 1. The average molecular weight is 285 g/mol. The summed E-state index contributed by atoms with van der Waals surface area (Å²) in [6.07, 6.45) is 5.40. The highest BCUT2D eigenvalue weighted by Gasteiger charge is 2.36. The fraction of sp³-hybridized carbons (Fsp3) is 0.471. The van der Waals surface area contributed by atoms with Crippen molar-refractivity contribution < 1.29 is 13.9 Å². The minimum atomic E-state index is 0.146. The van der Waals surface area contributed by atoms with Gasteiger partial charge >= 0.3 is 0 Å². The number of carbonyl (C=O) groups excluding carboxylic acids is 1. The van der Waals surface area contributed by atoms with Gasteiger partial charge in [-0.3, -0.25) is 9.69 Å². The molecule has 0 N–H and O–H groups in total. The van der Waals surface area contributed by atoms with Crippen molar-refractivity contribution in [2.45, 2.75) is 31.4 Å². The second-order valence-electron chi connectivity index (χ2n) is 5.95. The number of rotatable bonds is 3. The van der Waals surface area contributed by atoms with Crippen molar-refractivity contribution in [1.82, 2.24) is 4.90 Å². The van der Waals surface area contributed by atoms with Crippen molar-refractivity contribution in [1.29, 1.82) is 0 Å². The van der Waals surface area contributed by atoms with Gasteiger partial charge in [-0.15, -0.1) is 0 Å². The van der Waals surface area contributed by atoms with Gasteiger partial charge in [0.15, 0.2) is 5.78 Å². The first-order valence-corrected chi connectivity index (χ1v) is 7.68. The van der Waals surface area contributed by atoms with Crippen molar-refractivity contribution in [2.75, 3.05) is 19.7 Å². The molecular weight excluding hydrogens is 266 g/mol. The van der Waals surface area contributed by atoms with Crippen LogP contribution in [0.2, 0.25) is 0 Å². The Balaban J connectivity index is 1.55. The Hall–Kier alpha value is -1.65. The van der Waals surface area contributed by atoms with E-state index in [2.05, 4.69) is 4.90 Å². The molecule has 2 fully saturated rings. The van der Waals surface area contributed by atoms with Crippen LogP contribution in [-0.4, -0.2) is 42.5 Å². The van der Waals surface area contributed by atoms with Crippen molar-refractivity contribution >= 4 is 16.8 Å². The zero-order chi connectivity index (χ0) is 14.2. The summed E-state index contributed by atoms with van der Waals surface area (Å²) < 4.78 is 11.3. The first-order valence-electron chi connectivity index (χ1n) is 7.68. The maximum atomic E-state index is 12.6. The Morgan fingerprint density at radius 2 is 2.19 bits per heavy atom. The van der Waals surface area contributed by atoms with Crippen LogP contribution in [0.4, 0.5) is 0 Å². The molecule has 0 spiro atoms. The van der Waals surface area contributed by atoms with Gasteiger partial charge in [0.25, 0.3) is 0 Å². The van der Waals surface area contributed by atoms with Crippen molar-refractivity contribution in [3.63, 3.8) is 0 Å². The molecule has 21 heavy (non-hydrogen) atoms. The Labute approximate surface area is 123 Å². The van der Waals surface area contributed by atoms with Crippen LogP contribution in [-0.2, 0) is 4.74 Å². The second-order valence-corrected chi connectivity index (χ2v) is 5.95. The molecule has 0 radical (unpaired) electrons. The third-order valence-corrected chi connectivity index (χ3v) is 4.73. The number of Topliss-reactive ketones (excluding diaryl/α,β-unsaturated/α-hetero) is 1. The summed E-state index contributed by atoms with van der Waals surface area (Å²) >= 11 is 0. The van der Waals surface area contributed by atoms with Crippen molar-refractivity contribution in [3.05, 3.63) is 36.1 Å². The van der Waals surface area contributed by atoms with E-state index in [0.717, 1.165) is 37.0 Å². The molecule has 2 unspecified atom stereocenters. The molecule has 2 aliphatic rings. The fourth-order valence-electron chi connectivity index (χ4n) is 3.67.